The molecule has 2 aromatic rings. The van der Waals surface area contributed by atoms with Crippen molar-refractivity contribution in [2.45, 2.75) is 46.5 Å². The number of carbonyl (C=O) groups excluding carboxylic acids is 1. The molecule has 0 aliphatic rings. The van der Waals surface area contributed by atoms with Crippen molar-refractivity contribution in [3.8, 4) is 0 Å². The predicted molar refractivity (Wildman–Crippen MR) is 91.4 cm³/mol. The summed E-state index contributed by atoms with van der Waals surface area (Å²) in [6.07, 6.45) is 0.483. The number of nitrogens with one attached hydrogen (secondary N) is 2. The predicted octanol–water partition coefficient (Wildman–Crippen LogP) is 3.81. The lowest BCUT2D eigenvalue weighted by Gasteiger charge is -2.21. The summed E-state index contributed by atoms with van der Waals surface area (Å²) in [5.74, 6) is 0.302. The first-order chi connectivity index (χ1) is 10.2. The Kier molecular flexibility index (Phi) is 4.40. The van der Waals surface area contributed by atoms with Gasteiger partial charge in [-0.05, 0) is 29.0 Å². The Morgan fingerprint density at radius 1 is 1.23 bits per heavy atom. The molecule has 4 nitrogen and oxygen atoms in total. The van der Waals surface area contributed by atoms with Gasteiger partial charge < -0.3 is 10.3 Å². The molecule has 0 saturated heterocycles. The van der Waals surface area contributed by atoms with Crippen molar-refractivity contribution in [2.75, 3.05) is 5.32 Å². The zero-order valence-corrected chi connectivity index (χ0v) is 13.9. The second-order valence-electron chi connectivity index (χ2n) is 7.20. The fourth-order valence-corrected chi connectivity index (χ4v) is 2.54. The average molecular weight is 300 g/mol. The van der Waals surface area contributed by atoms with Gasteiger partial charge in [0.15, 0.2) is 0 Å². The Morgan fingerprint density at radius 2 is 1.91 bits per heavy atom. The van der Waals surface area contributed by atoms with Crippen LogP contribution in [0.2, 0.25) is 0 Å². The first-order valence-corrected chi connectivity index (χ1v) is 7.64. The van der Waals surface area contributed by atoms with Gasteiger partial charge in [0.1, 0.15) is 0 Å². The van der Waals surface area contributed by atoms with E-state index in [1.54, 1.807) is 6.07 Å². The van der Waals surface area contributed by atoms with E-state index in [0.717, 1.165) is 16.5 Å². The van der Waals surface area contributed by atoms with E-state index < -0.39 is 0 Å². The van der Waals surface area contributed by atoms with E-state index >= 15 is 0 Å². The molecule has 0 saturated carbocycles. The Bertz CT molecular complexity index is 752. The van der Waals surface area contributed by atoms with Crippen molar-refractivity contribution in [2.24, 2.45) is 5.92 Å². The number of benzene rings is 1. The fraction of sp³-hybridized carbons (Fsp3) is 0.444. The van der Waals surface area contributed by atoms with Crippen LogP contribution in [0, 0.1) is 5.92 Å². The SMILES string of the molecule is CC(C)CC(=O)Nc1ccc2c(C(C)(C)C)cc(=O)[nH]c2c1. The van der Waals surface area contributed by atoms with Crippen molar-refractivity contribution in [3.05, 3.63) is 40.2 Å². The molecule has 22 heavy (non-hydrogen) atoms. The molecule has 2 rings (SSSR count). The van der Waals surface area contributed by atoms with Gasteiger partial charge in [-0.1, -0.05) is 40.7 Å². The standard InChI is InChI=1S/C18H24N2O2/c1-11(2)8-16(21)19-12-6-7-13-14(18(3,4)5)10-17(22)20-15(13)9-12/h6-7,9-11H,8H2,1-5H3,(H,19,21)(H,20,22). The summed E-state index contributed by atoms with van der Waals surface area (Å²) in [4.78, 5) is 26.6. The minimum absolute atomic E-state index is 0.0105. The number of aromatic amines is 1. The highest BCUT2D eigenvalue weighted by Crippen LogP contribution is 2.29. The van der Waals surface area contributed by atoms with Gasteiger partial charge in [0.25, 0.3) is 0 Å². The molecule has 1 heterocycles. The summed E-state index contributed by atoms with van der Waals surface area (Å²) in [5.41, 5.74) is 2.23. The van der Waals surface area contributed by atoms with Crippen LogP contribution in [-0.4, -0.2) is 10.9 Å². The molecule has 0 atom stereocenters. The normalized spacial score (nSPS) is 11.9. The lowest BCUT2D eigenvalue weighted by Crippen LogP contribution is -2.18. The van der Waals surface area contributed by atoms with Crippen molar-refractivity contribution < 1.29 is 4.79 Å². The first-order valence-electron chi connectivity index (χ1n) is 7.64. The molecule has 1 aromatic carbocycles. The minimum Gasteiger partial charge on any atom is -0.326 e. The van der Waals surface area contributed by atoms with Gasteiger partial charge in [0.2, 0.25) is 11.5 Å². The van der Waals surface area contributed by atoms with Crippen molar-refractivity contribution >= 4 is 22.5 Å². The molecule has 0 radical (unpaired) electrons. The lowest BCUT2D eigenvalue weighted by atomic mass is 9.85. The molecule has 1 amide bonds. The number of pyridine rings is 1. The molecule has 2 N–H and O–H groups in total. The summed E-state index contributed by atoms with van der Waals surface area (Å²) in [6, 6.07) is 7.31. The van der Waals surface area contributed by atoms with Crippen LogP contribution in [0.25, 0.3) is 10.9 Å². The fourth-order valence-electron chi connectivity index (χ4n) is 2.54. The summed E-state index contributed by atoms with van der Waals surface area (Å²) >= 11 is 0. The number of hydrogen-bond acceptors (Lipinski definition) is 2. The average Bonchev–Trinajstić information content (AvgIpc) is 2.34. The maximum absolute atomic E-state index is 11.9. The molecule has 0 aliphatic heterocycles. The molecule has 0 unspecified atom stereocenters. The largest absolute Gasteiger partial charge is 0.326 e. The number of fused-ring (bicyclic) bond motifs is 1. The van der Waals surface area contributed by atoms with Gasteiger partial charge in [0, 0.05) is 23.6 Å². The maximum atomic E-state index is 11.9. The second kappa shape index (κ2) is 5.95. The third-order valence-electron chi connectivity index (χ3n) is 3.53. The topological polar surface area (TPSA) is 62.0 Å². The van der Waals surface area contributed by atoms with Crippen LogP contribution in [-0.2, 0) is 10.2 Å². The van der Waals surface area contributed by atoms with E-state index in [2.05, 4.69) is 31.1 Å². The lowest BCUT2D eigenvalue weighted by molar-refractivity contribution is -0.116. The summed E-state index contributed by atoms with van der Waals surface area (Å²) in [7, 11) is 0. The molecule has 118 valence electrons. The number of hydrogen-bond donors (Lipinski definition) is 2. The molecule has 1 aromatic heterocycles. The maximum Gasteiger partial charge on any atom is 0.248 e. The molecular formula is C18H24N2O2. The number of anilines is 1. The van der Waals surface area contributed by atoms with Crippen LogP contribution in [0.4, 0.5) is 5.69 Å². The zero-order chi connectivity index (χ0) is 16.5. The van der Waals surface area contributed by atoms with E-state index in [1.165, 1.54) is 0 Å². The zero-order valence-electron chi connectivity index (χ0n) is 13.9. The van der Waals surface area contributed by atoms with Crippen molar-refractivity contribution in [3.63, 3.8) is 0 Å². The van der Waals surface area contributed by atoms with Gasteiger partial charge in [0.05, 0.1) is 5.52 Å². The molecule has 0 bridgehead atoms. The highest BCUT2D eigenvalue weighted by atomic mass is 16.1. The highest BCUT2D eigenvalue weighted by molar-refractivity contribution is 5.94. The van der Waals surface area contributed by atoms with Crippen molar-refractivity contribution in [1.82, 2.24) is 4.98 Å². The Balaban J connectivity index is 2.43. The molecule has 4 heteroatoms. The number of carbonyl (C=O) groups is 1. The van der Waals surface area contributed by atoms with E-state index in [-0.39, 0.29) is 16.9 Å². The first kappa shape index (κ1) is 16.3. The Morgan fingerprint density at radius 3 is 2.50 bits per heavy atom. The van der Waals surface area contributed by atoms with Gasteiger partial charge in [-0.25, -0.2) is 0 Å². The van der Waals surface area contributed by atoms with Gasteiger partial charge in [-0.3, -0.25) is 9.59 Å². The number of rotatable bonds is 3. The quantitative estimate of drug-likeness (QED) is 0.905. The van der Waals surface area contributed by atoms with E-state index in [1.807, 2.05) is 32.0 Å². The van der Waals surface area contributed by atoms with E-state index in [4.69, 9.17) is 0 Å². The van der Waals surface area contributed by atoms with Gasteiger partial charge >= 0.3 is 0 Å². The number of H-pyrrole nitrogens is 1. The summed E-state index contributed by atoms with van der Waals surface area (Å²) in [5, 5.41) is 3.89. The molecular weight excluding hydrogens is 276 g/mol. The monoisotopic (exact) mass is 300 g/mol. The molecule has 0 aliphatic carbocycles. The van der Waals surface area contributed by atoms with Gasteiger partial charge in [-0.2, -0.15) is 0 Å². The van der Waals surface area contributed by atoms with Crippen LogP contribution in [0.5, 0.6) is 0 Å². The summed E-state index contributed by atoms with van der Waals surface area (Å²) in [6.45, 7) is 10.3. The minimum atomic E-state index is -0.122. The van der Waals surface area contributed by atoms with E-state index in [0.29, 0.717) is 18.0 Å². The van der Waals surface area contributed by atoms with E-state index in [9.17, 15) is 9.59 Å². The van der Waals surface area contributed by atoms with Crippen LogP contribution in [0.3, 0.4) is 0 Å². The summed E-state index contributed by atoms with van der Waals surface area (Å²) < 4.78 is 0. The van der Waals surface area contributed by atoms with Crippen LogP contribution in [0.15, 0.2) is 29.1 Å². The Labute approximate surface area is 130 Å². The third-order valence-corrected chi connectivity index (χ3v) is 3.53. The van der Waals surface area contributed by atoms with Crippen LogP contribution < -0.4 is 10.9 Å². The smallest absolute Gasteiger partial charge is 0.248 e. The van der Waals surface area contributed by atoms with Gasteiger partial charge in [-0.15, -0.1) is 0 Å². The number of aromatic nitrogens is 1. The van der Waals surface area contributed by atoms with Crippen molar-refractivity contribution in [1.29, 1.82) is 0 Å². The van der Waals surface area contributed by atoms with Crippen LogP contribution >= 0.6 is 0 Å². The molecule has 0 fully saturated rings. The highest BCUT2D eigenvalue weighted by Gasteiger charge is 2.18. The molecule has 0 spiro atoms. The van der Waals surface area contributed by atoms with Crippen LogP contribution in [0.1, 0.15) is 46.6 Å². The Hall–Kier alpha value is -2.10. The number of amides is 1. The second-order valence-corrected chi connectivity index (χ2v) is 7.20. The third kappa shape index (κ3) is 3.75.